The molecule has 0 aliphatic carbocycles. The Kier molecular flexibility index (Phi) is 5.59. The molecule has 132 valence electrons. The lowest BCUT2D eigenvalue weighted by Crippen LogP contribution is -1.98. The smallest absolute Gasteiger partial charge is 0.284 e. The molecular formula is C17H13N3O5S. The predicted octanol–water partition coefficient (Wildman–Crippen LogP) is 3.42. The number of benzene rings is 2. The van der Waals surface area contributed by atoms with Crippen LogP contribution in [0.15, 0.2) is 64.2 Å². The van der Waals surface area contributed by atoms with E-state index in [0.29, 0.717) is 11.3 Å². The highest BCUT2D eigenvalue weighted by Gasteiger charge is 2.14. The summed E-state index contributed by atoms with van der Waals surface area (Å²) in [6, 6.07) is 15.0. The first-order valence-electron chi connectivity index (χ1n) is 7.54. The highest BCUT2D eigenvalue weighted by molar-refractivity contribution is 8.13. The van der Waals surface area contributed by atoms with Crippen LogP contribution in [0.25, 0.3) is 0 Å². The lowest BCUT2D eigenvalue weighted by Gasteiger charge is -2.01. The summed E-state index contributed by atoms with van der Waals surface area (Å²) in [7, 11) is 0. The number of carbonyl (C=O) groups excluding carboxylic acids is 1. The van der Waals surface area contributed by atoms with Gasteiger partial charge in [-0.25, -0.2) is 0 Å². The zero-order valence-corrected chi connectivity index (χ0v) is 14.2. The van der Waals surface area contributed by atoms with Gasteiger partial charge in [-0.2, -0.15) is 0 Å². The fraction of sp³-hybridized carbons (Fsp3) is 0.118. The number of ether oxygens (including phenoxy) is 1. The molecule has 9 heteroatoms. The Morgan fingerprint density at radius 1 is 1.12 bits per heavy atom. The van der Waals surface area contributed by atoms with Gasteiger partial charge in [0.25, 0.3) is 16.8 Å². The van der Waals surface area contributed by atoms with Crippen molar-refractivity contribution in [2.24, 2.45) is 0 Å². The van der Waals surface area contributed by atoms with E-state index in [4.69, 9.17) is 9.15 Å². The van der Waals surface area contributed by atoms with E-state index in [1.807, 2.05) is 18.2 Å². The Balaban J connectivity index is 1.51. The third kappa shape index (κ3) is 4.90. The van der Waals surface area contributed by atoms with Crippen molar-refractivity contribution in [3.8, 4) is 5.75 Å². The molecule has 0 unspecified atom stereocenters. The first-order valence-corrected chi connectivity index (χ1v) is 8.36. The minimum absolute atomic E-state index is 0.0196. The fourth-order valence-corrected chi connectivity index (χ4v) is 2.69. The van der Waals surface area contributed by atoms with Gasteiger partial charge in [0, 0.05) is 30.3 Å². The first kappa shape index (κ1) is 17.6. The first-order chi connectivity index (χ1) is 12.6. The predicted molar refractivity (Wildman–Crippen MR) is 92.7 cm³/mol. The van der Waals surface area contributed by atoms with Crippen LogP contribution >= 0.6 is 11.8 Å². The van der Waals surface area contributed by atoms with E-state index in [9.17, 15) is 14.9 Å². The summed E-state index contributed by atoms with van der Waals surface area (Å²) < 4.78 is 10.9. The van der Waals surface area contributed by atoms with E-state index in [0.717, 1.165) is 11.8 Å². The number of rotatable bonds is 7. The van der Waals surface area contributed by atoms with Gasteiger partial charge in [-0.15, -0.1) is 10.2 Å². The maximum atomic E-state index is 12.1. The SMILES string of the molecule is O=C(Cc1ccc([N+](=O)[O-])cc1)Sc1nnc(COc2ccccc2)o1. The van der Waals surface area contributed by atoms with Gasteiger partial charge in [-0.1, -0.05) is 30.3 Å². The molecule has 3 aromatic rings. The van der Waals surface area contributed by atoms with E-state index in [-0.39, 0.29) is 34.9 Å². The maximum Gasteiger partial charge on any atom is 0.284 e. The van der Waals surface area contributed by atoms with E-state index >= 15 is 0 Å². The zero-order valence-electron chi connectivity index (χ0n) is 13.4. The third-order valence-electron chi connectivity index (χ3n) is 3.25. The number of nitrogens with zero attached hydrogens (tertiary/aromatic N) is 3. The van der Waals surface area contributed by atoms with Crippen LogP contribution in [-0.2, 0) is 17.8 Å². The lowest BCUT2D eigenvalue weighted by molar-refractivity contribution is -0.384. The number of carbonyl (C=O) groups is 1. The molecule has 0 fully saturated rings. The van der Waals surface area contributed by atoms with Crippen LogP contribution in [0.1, 0.15) is 11.5 Å². The minimum Gasteiger partial charge on any atom is -0.484 e. The van der Waals surface area contributed by atoms with Gasteiger partial charge in [0.05, 0.1) is 4.92 Å². The normalized spacial score (nSPS) is 10.5. The topological polar surface area (TPSA) is 108 Å². The van der Waals surface area contributed by atoms with Crippen molar-refractivity contribution >= 4 is 22.6 Å². The average Bonchev–Trinajstić information content (AvgIpc) is 3.08. The zero-order chi connectivity index (χ0) is 18.4. The third-order valence-corrected chi connectivity index (χ3v) is 3.96. The van der Waals surface area contributed by atoms with Gasteiger partial charge >= 0.3 is 0 Å². The Morgan fingerprint density at radius 2 is 1.85 bits per heavy atom. The number of para-hydroxylation sites is 1. The standard InChI is InChI=1S/C17H13N3O5S/c21-16(10-12-6-8-13(9-7-12)20(22)23)26-17-19-18-15(25-17)11-24-14-4-2-1-3-5-14/h1-9H,10-11H2. The minimum atomic E-state index is -0.488. The van der Waals surface area contributed by atoms with Crippen LogP contribution in [0.5, 0.6) is 5.75 Å². The number of non-ortho nitro benzene ring substituents is 1. The molecule has 0 spiro atoms. The molecule has 1 heterocycles. The Bertz CT molecular complexity index is 896. The molecule has 0 amide bonds. The van der Waals surface area contributed by atoms with Crippen molar-refractivity contribution in [1.82, 2.24) is 10.2 Å². The second kappa shape index (κ2) is 8.26. The summed E-state index contributed by atoms with van der Waals surface area (Å²) in [4.78, 5) is 22.2. The van der Waals surface area contributed by atoms with Crippen molar-refractivity contribution in [1.29, 1.82) is 0 Å². The van der Waals surface area contributed by atoms with Crippen LogP contribution in [0.3, 0.4) is 0 Å². The average molecular weight is 371 g/mol. The van der Waals surface area contributed by atoms with Crippen molar-refractivity contribution in [3.05, 3.63) is 76.2 Å². The summed E-state index contributed by atoms with van der Waals surface area (Å²) in [6.45, 7) is 0.105. The monoisotopic (exact) mass is 371 g/mol. The van der Waals surface area contributed by atoms with Crippen molar-refractivity contribution < 1.29 is 18.9 Å². The van der Waals surface area contributed by atoms with E-state index in [1.54, 1.807) is 24.3 Å². The number of nitro groups is 1. The summed E-state index contributed by atoms with van der Waals surface area (Å²) in [5.74, 6) is 0.939. The molecule has 0 aliphatic rings. The fourth-order valence-electron chi connectivity index (χ4n) is 2.04. The number of nitro benzene ring substituents is 1. The van der Waals surface area contributed by atoms with Crippen LogP contribution in [0.4, 0.5) is 5.69 Å². The van der Waals surface area contributed by atoms with E-state index in [2.05, 4.69) is 10.2 Å². The second-order valence-electron chi connectivity index (χ2n) is 5.14. The van der Waals surface area contributed by atoms with Crippen molar-refractivity contribution in [2.75, 3.05) is 0 Å². The molecule has 0 saturated heterocycles. The molecular weight excluding hydrogens is 358 g/mol. The molecule has 0 saturated carbocycles. The Hall–Kier alpha value is -3.20. The molecule has 2 aromatic carbocycles. The van der Waals surface area contributed by atoms with Gasteiger partial charge in [-0.3, -0.25) is 14.9 Å². The molecule has 8 nitrogen and oxygen atoms in total. The molecule has 1 aromatic heterocycles. The van der Waals surface area contributed by atoms with Gasteiger partial charge in [-0.05, 0) is 17.7 Å². The molecule has 0 aliphatic heterocycles. The van der Waals surface area contributed by atoms with Crippen molar-refractivity contribution in [3.63, 3.8) is 0 Å². The summed E-state index contributed by atoms with van der Waals surface area (Å²) in [5.41, 5.74) is 0.647. The summed E-state index contributed by atoms with van der Waals surface area (Å²) in [5, 5.41) is 18.2. The Labute approximate surface area is 152 Å². The summed E-state index contributed by atoms with van der Waals surface area (Å²) in [6.07, 6.45) is 0.0981. The molecule has 3 rings (SSSR count). The van der Waals surface area contributed by atoms with Gasteiger partial charge in [0.1, 0.15) is 5.75 Å². The summed E-state index contributed by atoms with van der Waals surface area (Å²) >= 11 is 0.823. The second-order valence-corrected chi connectivity index (χ2v) is 6.15. The van der Waals surface area contributed by atoms with Gasteiger partial charge in [0.2, 0.25) is 5.12 Å². The number of hydrogen-bond donors (Lipinski definition) is 0. The van der Waals surface area contributed by atoms with Crippen LogP contribution < -0.4 is 4.74 Å². The molecule has 0 N–H and O–H groups in total. The van der Waals surface area contributed by atoms with Gasteiger partial charge in [0.15, 0.2) is 6.61 Å². The number of thioether (sulfide) groups is 1. The molecule has 0 atom stereocenters. The highest BCUT2D eigenvalue weighted by Crippen LogP contribution is 2.21. The Morgan fingerprint density at radius 3 is 2.54 bits per heavy atom. The van der Waals surface area contributed by atoms with E-state index in [1.165, 1.54) is 12.1 Å². The van der Waals surface area contributed by atoms with Gasteiger partial charge < -0.3 is 9.15 Å². The highest BCUT2D eigenvalue weighted by atomic mass is 32.2. The molecule has 26 heavy (non-hydrogen) atoms. The lowest BCUT2D eigenvalue weighted by atomic mass is 10.1. The van der Waals surface area contributed by atoms with E-state index < -0.39 is 4.92 Å². The maximum absolute atomic E-state index is 12.1. The van der Waals surface area contributed by atoms with Crippen LogP contribution in [0.2, 0.25) is 0 Å². The largest absolute Gasteiger partial charge is 0.484 e. The molecule has 0 bridgehead atoms. The van der Waals surface area contributed by atoms with Crippen LogP contribution in [0, 0.1) is 10.1 Å². The number of hydrogen-bond acceptors (Lipinski definition) is 8. The number of aromatic nitrogens is 2. The quantitative estimate of drug-likeness (QED) is 0.353. The van der Waals surface area contributed by atoms with Crippen molar-refractivity contribution in [2.45, 2.75) is 18.3 Å². The van der Waals surface area contributed by atoms with Crippen LogP contribution in [-0.4, -0.2) is 20.2 Å². The molecule has 0 radical (unpaired) electrons.